The van der Waals surface area contributed by atoms with Gasteiger partial charge >= 0.3 is 0 Å². The van der Waals surface area contributed by atoms with E-state index in [1.165, 1.54) is 22.3 Å². The molecule has 0 nitrogen and oxygen atoms in total. The molecule has 0 saturated heterocycles. The Balaban J connectivity index is 2.68. The van der Waals surface area contributed by atoms with Crippen LogP contribution in [-0.4, -0.2) is 0 Å². The molecule has 2 aliphatic rings. The lowest BCUT2D eigenvalue weighted by molar-refractivity contribution is -0.0110. The normalized spacial score (nSPS) is 29.6. The minimum atomic E-state index is 0.0553. The molecule has 1 aromatic carbocycles. The third kappa shape index (κ3) is 1.74. The van der Waals surface area contributed by atoms with E-state index in [-0.39, 0.29) is 27.1 Å². The standard InChI is InChI=1S/C27H42/c1-15-16(2)18(4)22-21(17(15)3)24(9,10)26(13,14)27(22)20(6)19(5)23(7,8)25(27,11)12/h1-14H3. The molecule has 2 aliphatic carbocycles. The first-order chi connectivity index (χ1) is 12.0. The fourth-order valence-electron chi connectivity index (χ4n) is 7.56. The van der Waals surface area contributed by atoms with Crippen LogP contribution in [0.2, 0.25) is 0 Å². The number of benzene rings is 1. The van der Waals surface area contributed by atoms with Crippen LogP contribution in [0.1, 0.15) is 103 Å². The van der Waals surface area contributed by atoms with Gasteiger partial charge < -0.3 is 0 Å². The van der Waals surface area contributed by atoms with Gasteiger partial charge in [0, 0.05) is 5.41 Å². The summed E-state index contributed by atoms with van der Waals surface area (Å²) in [6.07, 6.45) is 0. The van der Waals surface area contributed by atoms with Crippen LogP contribution < -0.4 is 0 Å². The number of hydrogen-bond donors (Lipinski definition) is 0. The SMILES string of the molecule is CC1=C(C)C2(c3c(C)c(C)c(C)c(C)c3C(C)(C)C2(C)C)C(C)(C)C1(C)C. The Morgan fingerprint density at radius 1 is 0.407 bits per heavy atom. The van der Waals surface area contributed by atoms with Gasteiger partial charge in [-0.25, -0.2) is 0 Å². The summed E-state index contributed by atoms with van der Waals surface area (Å²) in [4.78, 5) is 0. The highest BCUT2D eigenvalue weighted by Gasteiger charge is 2.74. The quantitative estimate of drug-likeness (QED) is 0.410. The summed E-state index contributed by atoms with van der Waals surface area (Å²) < 4.78 is 0. The molecule has 0 saturated carbocycles. The fraction of sp³-hybridized carbons (Fsp3) is 0.704. The van der Waals surface area contributed by atoms with Crippen molar-refractivity contribution in [3.63, 3.8) is 0 Å². The maximum absolute atomic E-state index is 2.55. The lowest BCUT2D eigenvalue weighted by Gasteiger charge is -2.58. The van der Waals surface area contributed by atoms with Crippen molar-refractivity contribution in [2.75, 3.05) is 0 Å². The molecular formula is C27H42. The first-order valence-electron chi connectivity index (χ1n) is 10.8. The molecule has 1 atom stereocenters. The van der Waals surface area contributed by atoms with Crippen LogP contribution in [0.15, 0.2) is 11.1 Å². The maximum Gasteiger partial charge on any atom is 0.0286 e. The molecule has 1 unspecified atom stereocenters. The van der Waals surface area contributed by atoms with Gasteiger partial charge in [-0.05, 0) is 96.6 Å². The van der Waals surface area contributed by atoms with Crippen LogP contribution in [0.5, 0.6) is 0 Å². The molecule has 1 aromatic rings. The number of fused-ring (bicyclic) bond motifs is 2. The zero-order valence-electron chi connectivity index (χ0n) is 20.5. The summed E-state index contributed by atoms with van der Waals surface area (Å²) in [6, 6.07) is 0. The third-order valence-electron chi connectivity index (χ3n) is 10.8. The molecule has 27 heavy (non-hydrogen) atoms. The molecule has 0 fully saturated rings. The molecule has 0 aromatic heterocycles. The minimum absolute atomic E-state index is 0.0553. The number of hydrogen-bond acceptors (Lipinski definition) is 0. The largest absolute Gasteiger partial charge is 0.0672 e. The zero-order valence-corrected chi connectivity index (χ0v) is 20.5. The average molecular weight is 367 g/mol. The molecular weight excluding hydrogens is 324 g/mol. The predicted octanol–water partition coefficient (Wildman–Crippen LogP) is 7.88. The highest BCUT2D eigenvalue weighted by Crippen LogP contribution is 2.78. The van der Waals surface area contributed by atoms with Crippen molar-refractivity contribution in [1.82, 2.24) is 0 Å². The van der Waals surface area contributed by atoms with Crippen LogP contribution in [0.3, 0.4) is 0 Å². The molecule has 3 rings (SSSR count). The molecule has 0 heterocycles. The van der Waals surface area contributed by atoms with Crippen LogP contribution in [-0.2, 0) is 10.8 Å². The van der Waals surface area contributed by atoms with Crippen LogP contribution in [0.4, 0.5) is 0 Å². The van der Waals surface area contributed by atoms with Gasteiger partial charge in [0.15, 0.2) is 0 Å². The molecule has 150 valence electrons. The average Bonchev–Trinajstić information content (AvgIpc) is 2.76. The van der Waals surface area contributed by atoms with Gasteiger partial charge in [-0.1, -0.05) is 66.5 Å². The highest BCUT2D eigenvalue weighted by atomic mass is 14.8. The Kier molecular flexibility index (Phi) is 3.91. The minimum Gasteiger partial charge on any atom is -0.0672 e. The Labute approximate surface area is 168 Å². The van der Waals surface area contributed by atoms with Crippen molar-refractivity contribution in [3.8, 4) is 0 Å². The van der Waals surface area contributed by atoms with E-state index in [0.717, 1.165) is 0 Å². The molecule has 0 N–H and O–H groups in total. The van der Waals surface area contributed by atoms with Crippen molar-refractivity contribution >= 4 is 0 Å². The molecule has 0 aliphatic heterocycles. The van der Waals surface area contributed by atoms with E-state index < -0.39 is 0 Å². The number of rotatable bonds is 0. The molecule has 0 radical (unpaired) electrons. The van der Waals surface area contributed by atoms with Gasteiger partial charge in [-0.3, -0.25) is 0 Å². The Morgan fingerprint density at radius 3 is 1.15 bits per heavy atom. The Hall–Kier alpha value is -1.04. The topological polar surface area (TPSA) is 0 Å². The van der Waals surface area contributed by atoms with Gasteiger partial charge in [0.2, 0.25) is 0 Å². The van der Waals surface area contributed by atoms with Crippen molar-refractivity contribution in [2.45, 2.75) is 108 Å². The zero-order chi connectivity index (χ0) is 21.1. The second-order valence-electron chi connectivity index (χ2n) is 11.8. The van der Waals surface area contributed by atoms with Crippen LogP contribution >= 0.6 is 0 Å². The van der Waals surface area contributed by atoms with Gasteiger partial charge in [0.05, 0.1) is 0 Å². The van der Waals surface area contributed by atoms with Crippen molar-refractivity contribution in [1.29, 1.82) is 0 Å². The second kappa shape index (κ2) is 5.11. The van der Waals surface area contributed by atoms with Gasteiger partial charge in [-0.15, -0.1) is 0 Å². The first-order valence-corrected chi connectivity index (χ1v) is 10.8. The molecule has 1 spiro atoms. The molecule has 0 heteroatoms. The lowest BCUT2D eigenvalue weighted by Crippen LogP contribution is -2.56. The van der Waals surface area contributed by atoms with E-state index in [4.69, 9.17) is 0 Å². The Morgan fingerprint density at radius 2 is 0.778 bits per heavy atom. The van der Waals surface area contributed by atoms with Gasteiger partial charge in [0.1, 0.15) is 0 Å². The summed E-state index contributed by atoms with van der Waals surface area (Å²) in [5, 5.41) is 0. The molecule has 0 amide bonds. The van der Waals surface area contributed by atoms with E-state index in [1.807, 2.05) is 0 Å². The summed E-state index contributed by atoms with van der Waals surface area (Å²) >= 11 is 0. The lowest BCUT2D eigenvalue weighted by atomic mass is 9.45. The second-order valence-corrected chi connectivity index (χ2v) is 11.8. The number of allylic oxidation sites excluding steroid dienone is 2. The summed E-state index contributed by atoms with van der Waals surface area (Å²) in [6.45, 7) is 34.4. The van der Waals surface area contributed by atoms with Gasteiger partial charge in [0.25, 0.3) is 0 Å². The van der Waals surface area contributed by atoms with E-state index in [0.29, 0.717) is 0 Å². The van der Waals surface area contributed by atoms with Crippen LogP contribution in [0.25, 0.3) is 0 Å². The summed E-state index contributed by atoms with van der Waals surface area (Å²) in [5.74, 6) is 0. The van der Waals surface area contributed by atoms with E-state index in [2.05, 4.69) is 96.9 Å². The fourth-order valence-corrected chi connectivity index (χ4v) is 7.56. The monoisotopic (exact) mass is 366 g/mol. The molecule has 0 bridgehead atoms. The predicted molar refractivity (Wildman–Crippen MR) is 120 cm³/mol. The Bertz CT molecular complexity index is 883. The van der Waals surface area contributed by atoms with E-state index in [9.17, 15) is 0 Å². The van der Waals surface area contributed by atoms with Crippen LogP contribution in [0, 0.1) is 43.9 Å². The smallest absolute Gasteiger partial charge is 0.0286 e. The van der Waals surface area contributed by atoms with Crippen molar-refractivity contribution < 1.29 is 0 Å². The summed E-state index contributed by atoms with van der Waals surface area (Å²) in [7, 11) is 0. The maximum atomic E-state index is 2.55. The van der Waals surface area contributed by atoms with E-state index >= 15 is 0 Å². The first kappa shape index (κ1) is 20.7. The van der Waals surface area contributed by atoms with Crippen molar-refractivity contribution in [3.05, 3.63) is 44.5 Å². The van der Waals surface area contributed by atoms with Crippen molar-refractivity contribution in [2.24, 2.45) is 16.2 Å². The highest BCUT2D eigenvalue weighted by molar-refractivity contribution is 5.68. The van der Waals surface area contributed by atoms with Gasteiger partial charge in [-0.2, -0.15) is 0 Å². The van der Waals surface area contributed by atoms with E-state index in [1.54, 1.807) is 22.3 Å². The third-order valence-corrected chi connectivity index (χ3v) is 10.8. The summed E-state index contributed by atoms with van der Waals surface area (Å²) in [5.41, 5.74) is 13.2.